The third-order valence-electron chi connectivity index (χ3n) is 5.09. The van der Waals surface area contributed by atoms with Gasteiger partial charge in [-0.1, -0.05) is 13.0 Å². The molecule has 1 N–H and O–H groups in total. The first kappa shape index (κ1) is 14.1. The van der Waals surface area contributed by atoms with Crippen molar-refractivity contribution in [1.29, 1.82) is 0 Å². The number of rotatable bonds is 7. The van der Waals surface area contributed by atoms with Crippen molar-refractivity contribution in [1.82, 2.24) is 10.2 Å². The summed E-state index contributed by atoms with van der Waals surface area (Å²) in [6.45, 7) is 7.18. The van der Waals surface area contributed by atoms with Crippen LogP contribution in [0.25, 0.3) is 0 Å². The largest absolute Gasteiger partial charge is 0.314 e. The third-order valence-corrected chi connectivity index (χ3v) is 5.09. The van der Waals surface area contributed by atoms with Crippen LogP contribution in [0.3, 0.4) is 0 Å². The van der Waals surface area contributed by atoms with Gasteiger partial charge in [0.2, 0.25) is 0 Å². The molecule has 2 heteroatoms. The molecule has 2 heterocycles. The Balaban J connectivity index is 1.88. The predicted octanol–water partition coefficient (Wildman–Crippen LogP) is 3.19. The molecule has 0 aromatic rings. The Labute approximate surface area is 113 Å². The number of hydrogen-bond donors (Lipinski definition) is 1. The van der Waals surface area contributed by atoms with E-state index in [1.807, 2.05) is 0 Å². The molecule has 18 heavy (non-hydrogen) atoms. The van der Waals surface area contributed by atoms with E-state index in [1.54, 1.807) is 0 Å². The molecule has 3 atom stereocenters. The maximum atomic E-state index is 3.83. The van der Waals surface area contributed by atoms with Crippen molar-refractivity contribution in [2.45, 2.75) is 70.0 Å². The van der Waals surface area contributed by atoms with Gasteiger partial charge in [-0.25, -0.2) is 0 Å². The smallest absolute Gasteiger partial charge is 0.00989 e. The second-order valence-corrected chi connectivity index (χ2v) is 6.17. The Hall–Kier alpha value is -0.340. The number of nitrogens with zero attached hydrogens (tertiary/aromatic N) is 1. The Kier molecular flexibility index (Phi) is 5.25. The quantitative estimate of drug-likeness (QED) is 0.551. The molecule has 0 saturated carbocycles. The molecule has 2 saturated heterocycles. The lowest BCUT2D eigenvalue weighted by molar-refractivity contribution is 0.110. The van der Waals surface area contributed by atoms with Gasteiger partial charge in [-0.2, -0.15) is 0 Å². The van der Waals surface area contributed by atoms with E-state index in [0.717, 1.165) is 30.6 Å². The van der Waals surface area contributed by atoms with Gasteiger partial charge < -0.3 is 10.2 Å². The number of fused-ring (bicyclic) bond motifs is 2. The fourth-order valence-corrected chi connectivity index (χ4v) is 4.03. The van der Waals surface area contributed by atoms with Crippen LogP contribution in [0.4, 0.5) is 0 Å². The molecule has 104 valence electrons. The van der Waals surface area contributed by atoms with Crippen molar-refractivity contribution in [2.24, 2.45) is 5.92 Å². The van der Waals surface area contributed by atoms with E-state index < -0.39 is 0 Å². The molecule has 2 nitrogen and oxygen atoms in total. The Bertz CT molecular complexity index is 250. The van der Waals surface area contributed by atoms with E-state index in [2.05, 4.69) is 36.8 Å². The van der Waals surface area contributed by atoms with Crippen molar-refractivity contribution in [3.63, 3.8) is 0 Å². The summed E-state index contributed by atoms with van der Waals surface area (Å²) >= 11 is 0. The fourth-order valence-electron chi connectivity index (χ4n) is 4.03. The van der Waals surface area contributed by atoms with Gasteiger partial charge in [-0.05, 0) is 64.5 Å². The van der Waals surface area contributed by atoms with Crippen LogP contribution in [-0.4, -0.2) is 36.6 Å². The number of piperidine rings is 1. The van der Waals surface area contributed by atoms with E-state index in [9.17, 15) is 0 Å². The zero-order chi connectivity index (χ0) is 13.0. The molecular weight excluding hydrogens is 220 g/mol. The zero-order valence-electron chi connectivity index (χ0n) is 12.2. The van der Waals surface area contributed by atoms with Crippen LogP contribution in [0.5, 0.6) is 0 Å². The van der Waals surface area contributed by atoms with E-state index >= 15 is 0 Å². The first-order chi connectivity index (χ1) is 8.76. The number of unbranched alkanes of at least 4 members (excludes halogenated alkanes) is 1. The monoisotopic (exact) mass is 250 g/mol. The topological polar surface area (TPSA) is 15.3 Å². The molecule has 2 bridgehead atoms. The predicted molar refractivity (Wildman–Crippen MR) is 78.8 cm³/mol. The molecule has 0 aliphatic carbocycles. The van der Waals surface area contributed by atoms with Crippen LogP contribution in [0.15, 0.2) is 12.7 Å². The minimum Gasteiger partial charge on any atom is -0.314 e. The maximum absolute atomic E-state index is 3.83. The zero-order valence-corrected chi connectivity index (χ0v) is 12.2. The highest BCUT2D eigenvalue weighted by atomic mass is 15.2. The number of allylic oxidation sites excluding steroid dienone is 1. The molecule has 2 aliphatic heterocycles. The first-order valence-electron chi connectivity index (χ1n) is 7.82. The summed E-state index contributed by atoms with van der Waals surface area (Å²) in [5.74, 6) is 0.906. The van der Waals surface area contributed by atoms with Crippen LogP contribution in [0.2, 0.25) is 0 Å². The number of hydrogen-bond acceptors (Lipinski definition) is 2. The summed E-state index contributed by atoms with van der Waals surface area (Å²) in [7, 11) is 2.33. The van der Waals surface area contributed by atoms with E-state index in [4.69, 9.17) is 0 Å². The van der Waals surface area contributed by atoms with Crippen LogP contribution in [0, 0.1) is 5.92 Å². The molecule has 0 amide bonds. The molecule has 0 aromatic carbocycles. The molecule has 2 rings (SSSR count). The maximum Gasteiger partial charge on any atom is 0.00989 e. The summed E-state index contributed by atoms with van der Waals surface area (Å²) in [5, 5.41) is 3.74. The van der Waals surface area contributed by atoms with Gasteiger partial charge in [-0.15, -0.1) is 6.58 Å². The fraction of sp³-hybridized carbons (Fsp3) is 0.875. The van der Waals surface area contributed by atoms with Gasteiger partial charge in [0, 0.05) is 18.1 Å². The van der Waals surface area contributed by atoms with Gasteiger partial charge in [0.15, 0.2) is 0 Å². The Morgan fingerprint density at radius 1 is 1.33 bits per heavy atom. The van der Waals surface area contributed by atoms with Gasteiger partial charge in [0.05, 0.1) is 0 Å². The molecule has 3 unspecified atom stereocenters. The Morgan fingerprint density at radius 2 is 2.00 bits per heavy atom. The standard InChI is InChI=1S/C16H30N2/c1-4-6-7-8-16(17-5-2)13-11-14-9-10-15(12-13)18(14)3/h4,13-17H,1,5-12H2,2-3H3. The number of nitrogens with one attached hydrogen (secondary N) is 1. The lowest BCUT2D eigenvalue weighted by Gasteiger charge is -2.40. The normalized spacial score (nSPS) is 33.6. The summed E-state index contributed by atoms with van der Waals surface area (Å²) in [6, 6.07) is 2.48. The summed E-state index contributed by atoms with van der Waals surface area (Å²) < 4.78 is 0. The van der Waals surface area contributed by atoms with E-state index in [-0.39, 0.29) is 0 Å². The van der Waals surface area contributed by atoms with Gasteiger partial charge in [-0.3, -0.25) is 0 Å². The van der Waals surface area contributed by atoms with E-state index in [0.29, 0.717) is 0 Å². The van der Waals surface area contributed by atoms with E-state index in [1.165, 1.54) is 44.9 Å². The van der Waals surface area contributed by atoms with Crippen molar-refractivity contribution >= 4 is 0 Å². The molecule has 2 aliphatic rings. The minimum absolute atomic E-state index is 0.742. The van der Waals surface area contributed by atoms with Crippen LogP contribution >= 0.6 is 0 Å². The second kappa shape index (κ2) is 6.72. The third kappa shape index (κ3) is 3.16. The van der Waals surface area contributed by atoms with Gasteiger partial charge >= 0.3 is 0 Å². The van der Waals surface area contributed by atoms with Crippen molar-refractivity contribution in [3.05, 3.63) is 12.7 Å². The van der Waals surface area contributed by atoms with Crippen molar-refractivity contribution in [3.8, 4) is 0 Å². The van der Waals surface area contributed by atoms with Gasteiger partial charge in [0.25, 0.3) is 0 Å². The highest BCUT2D eigenvalue weighted by molar-refractivity contribution is 4.96. The first-order valence-corrected chi connectivity index (χ1v) is 7.82. The summed E-state index contributed by atoms with van der Waals surface area (Å²) in [4.78, 5) is 2.64. The second-order valence-electron chi connectivity index (χ2n) is 6.17. The highest BCUT2D eigenvalue weighted by Gasteiger charge is 2.40. The molecular formula is C16H30N2. The van der Waals surface area contributed by atoms with Crippen LogP contribution < -0.4 is 5.32 Å². The van der Waals surface area contributed by atoms with Crippen molar-refractivity contribution in [2.75, 3.05) is 13.6 Å². The average molecular weight is 250 g/mol. The molecule has 0 spiro atoms. The molecule has 2 fully saturated rings. The lowest BCUT2D eigenvalue weighted by atomic mass is 9.83. The highest BCUT2D eigenvalue weighted by Crippen LogP contribution is 2.39. The van der Waals surface area contributed by atoms with Gasteiger partial charge in [0.1, 0.15) is 0 Å². The van der Waals surface area contributed by atoms with Crippen LogP contribution in [-0.2, 0) is 0 Å². The van der Waals surface area contributed by atoms with Crippen molar-refractivity contribution < 1.29 is 0 Å². The van der Waals surface area contributed by atoms with Crippen LogP contribution in [0.1, 0.15) is 51.9 Å². The SMILES string of the molecule is C=CCCCC(NCC)C1CC2CCC(C1)N2C. The Morgan fingerprint density at radius 3 is 2.56 bits per heavy atom. The average Bonchev–Trinajstić information content (AvgIpc) is 2.61. The summed E-state index contributed by atoms with van der Waals surface area (Å²) in [6.07, 6.45) is 11.5. The summed E-state index contributed by atoms with van der Waals surface area (Å²) in [5.41, 5.74) is 0. The minimum atomic E-state index is 0.742. The molecule has 0 radical (unpaired) electrons. The molecule has 0 aromatic heterocycles. The lowest BCUT2D eigenvalue weighted by Crippen LogP contribution is -2.47.